The molecular formula is C36H22O. The molecule has 5 rings (SSSR count). The zero-order valence-electron chi connectivity index (χ0n) is 20.1. The summed E-state index contributed by atoms with van der Waals surface area (Å²) in [5.41, 5.74) is 5.47. The van der Waals surface area contributed by atoms with Gasteiger partial charge in [-0.1, -0.05) is 90.1 Å². The van der Waals surface area contributed by atoms with Gasteiger partial charge in [0.25, 0.3) is 0 Å². The minimum Gasteiger partial charge on any atom is -0.456 e. The molecule has 0 radical (unpaired) electrons. The fourth-order valence-electron chi connectivity index (χ4n) is 3.52. The van der Waals surface area contributed by atoms with Gasteiger partial charge in [-0.05, 0) is 78.9 Å². The van der Waals surface area contributed by atoms with Crippen LogP contribution < -0.4 is 4.74 Å². The van der Waals surface area contributed by atoms with E-state index in [1.807, 2.05) is 133 Å². The van der Waals surface area contributed by atoms with Gasteiger partial charge in [-0.25, -0.2) is 0 Å². The van der Waals surface area contributed by atoms with Gasteiger partial charge in [0.2, 0.25) is 0 Å². The third-order valence-electron chi connectivity index (χ3n) is 5.43. The fourth-order valence-corrected chi connectivity index (χ4v) is 3.52. The molecule has 172 valence electrons. The summed E-state index contributed by atoms with van der Waals surface area (Å²) in [6.45, 7) is 0. The molecule has 0 N–H and O–H groups in total. The Kier molecular flexibility index (Phi) is 7.45. The van der Waals surface area contributed by atoms with Crippen molar-refractivity contribution in [2.45, 2.75) is 0 Å². The number of rotatable bonds is 2. The van der Waals surface area contributed by atoms with Crippen molar-refractivity contribution in [1.29, 1.82) is 0 Å². The predicted molar refractivity (Wildman–Crippen MR) is 150 cm³/mol. The molecule has 0 saturated carbocycles. The second-order valence-corrected chi connectivity index (χ2v) is 8.19. The van der Waals surface area contributed by atoms with Crippen LogP contribution >= 0.6 is 0 Å². The summed E-state index contributed by atoms with van der Waals surface area (Å²) in [4.78, 5) is 0. The summed E-state index contributed by atoms with van der Waals surface area (Å²) in [6.07, 6.45) is 0. The van der Waals surface area contributed by atoms with Crippen molar-refractivity contribution in [1.82, 2.24) is 0 Å². The molecule has 0 aliphatic heterocycles. The molecule has 1 nitrogen and oxygen atoms in total. The quantitative estimate of drug-likeness (QED) is 0.241. The lowest BCUT2D eigenvalue weighted by Gasteiger charge is -2.08. The van der Waals surface area contributed by atoms with Crippen molar-refractivity contribution in [2.75, 3.05) is 0 Å². The highest BCUT2D eigenvalue weighted by molar-refractivity contribution is 5.56. The van der Waals surface area contributed by atoms with E-state index < -0.39 is 0 Å². The molecule has 1 heteroatoms. The van der Waals surface area contributed by atoms with Gasteiger partial charge in [0.05, 0.1) is 5.56 Å². The van der Waals surface area contributed by atoms with Gasteiger partial charge in [0.1, 0.15) is 11.5 Å². The second kappa shape index (κ2) is 11.8. The van der Waals surface area contributed by atoms with Gasteiger partial charge in [-0.3, -0.25) is 0 Å². The van der Waals surface area contributed by atoms with Crippen LogP contribution in [0.15, 0.2) is 133 Å². The van der Waals surface area contributed by atoms with Crippen LogP contribution in [0.4, 0.5) is 0 Å². The van der Waals surface area contributed by atoms with E-state index in [9.17, 15) is 0 Å². The van der Waals surface area contributed by atoms with Crippen molar-refractivity contribution in [2.24, 2.45) is 0 Å². The zero-order valence-corrected chi connectivity index (χ0v) is 20.1. The van der Waals surface area contributed by atoms with Gasteiger partial charge in [0.15, 0.2) is 0 Å². The van der Waals surface area contributed by atoms with Crippen LogP contribution in [0.1, 0.15) is 33.4 Å². The van der Waals surface area contributed by atoms with E-state index in [4.69, 9.17) is 4.74 Å². The van der Waals surface area contributed by atoms with Crippen LogP contribution in [0.25, 0.3) is 0 Å². The Bertz CT molecular complexity index is 1670. The molecule has 0 bridgehead atoms. The first-order chi connectivity index (χ1) is 18.3. The predicted octanol–water partition coefficient (Wildman–Crippen LogP) is 7.68. The molecule has 0 heterocycles. The molecule has 0 unspecified atom stereocenters. The SMILES string of the molecule is C(#Cc1ccc(Oc2ccc(C#Cc3ccccc3)cc2C#Cc2ccccc2)cc1)c1ccccc1. The monoisotopic (exact) mass is 470 g/mol. The van der Waals surface area contributed by atoms with E-state index in [1.54, 1.807) is 0 Å². The summed E-state index contributed by atoms with van der Waals surface area (Å²) >= 11 is 0. The molecule has 5 aromatic rings. The fraction of sp³-hybridized carbons (Fsp3) is 0. The maximum absolute atomic E-state index is 6.23. The highest BCUT2D eigenvalue weighted by atomic mass is 16.5. The molecule has 0 aromatic heterocycles. The summed E-state index contributed by atoms with van der Waals surface area (Å²) in [5.74, 6) is 20.7. The normalized spacial score (nSPS) is 9.51. The smallest absolute Gasteiger partial charge is 0.143 e. The van der Waals surface area contributed by atoms with E-state index in [-0.39, 0.29) is 0 Å². The Labute approximate surface area is 218 Å². The van der Waals surface area contributed by atoms with Gasteiger partial charge >= 0.3 is 0 Å². The first-order valence-corrected chi connectivity index (χ1v) is 11.9. The number of hydrogen-bond donors (Lipinski definition) is 0. The van der Waals surface area contributed by atoms with E-state index in [2.05, 4.69) is 35.5 Å². The minimum atomic E-state index is 0.678. The van der Waals surface area contributed by atoms with Crippen molar-refractivity contribution in [3.05, 3.63) is 167 Å². The number of hydrogen-bond acceptors (Lipinski definition) is 1. The highest BCUT2D eigenvalue weighted by Gasteiger charge is 2.05. The van der Waals surface area contributed by atoms with Gasteiger partial charge in [-0.2, -0.15) is 0 Å². The summed E-state index contributed by atoms with van der Waals surface area (Å²) < 4.78 is 6.23. The Morgan fingerprint density at radius 2 is 0.757 bits per heavy atom. The molecule has 0 fully saturated rings. The molecule has 0 spiro atoms. The standard InChI is InChI=1S/C36H22O/c1-4-10-29(11-5-1)16-17-32-21-25-35(26-22-32)37-36-27-23-33(19-18-30-12-6-2-7-13-30)28-34(36)24-20-31-14-8-3-9-15-31/h1-15,21-23,25-28H. The van der Waals surface area contributed by atoms with Crippen molar-refractivity contribution >= 4 is 0 Å². The second-order valence-electron chi connectivity index (χ2n) is 8.19. The third kappa shape index (κ3) is 6.81. The lowest BCUT2D eigenvalue weighted by molar-refractivity contribution is 0.481. The highest BCUT2D eigenvalue weighted by Crippen LogP contribution is 2.26. The Balaban J connectivity index is 1.41. The van der Waals surface area contributed by atoms with Crippen LogP contribution in [-0.2, 0) is 0 Å². The molecule has 0 saturated heterocycles. The van der Waals surface area contributed by atoms with Crippen molar-refractivity contribution in [3.8, 4) is 47.0 Å². The first-order valence-electron chi connectivity index (χ1n) is 11.9. The van der Waals surface area contributed by atoms with Crippen LogP contribution in [0.5, 0.6) is 11.5 Å². The van der Waals surface area contributed by atoms with Crippen LogP contribution in [-0.4, -0.2) is 0 Å². The number of ether oxygens (including phenoxy) is 1. The van der Waals surface area contributed by atoms with Crippen LogP contribution in [0.2, 0.25) is 0 Å². The Hall–Kier alpha value is -5.42. The molecule has 0 aliphatic carbocycles. The molecular weight excluding hydrogens is 448 g/mol. The van der Waals surface area contributed by atoms with Crippen molar-refractivity contribution in [3.63, 3.8) is 0 Å². The van der Waals surface area contributed by atoms with Gasteiger partial charge < -0.3 is 4.74 Å². The Morgan fingerprint density at radius 1 is 0.351 bits per heavy atom. The number of benzene rings is 5. The molecule has 0 amide bonds. The van der Waals surface area contributed by atoms with Crippen LogP contribution in [0, 0.1) is 35.5 Å². The maximum Gasteiger partial charge on any atom is 0.143 e. The minimum absolute atomic E-state index is 0.678. The Morgan fingerprint density at radius 3 is 1.27 bits per heavy atom. The summed E-state index contributed by atoms with van der Waals surface area (Å²) in [6, 6.07) is 43.4. The molecule has 0 atom stereocenters. The summed E-state index contributed by atoms with van der Waals surface area (Å²) in [5, 5.41) is 0. The lowest BCUT2D eigenvalue weighted by atomic mass is 10.1. The van der Waals surface area contributed by atoms with Gasteiger partial charge in [-0.15, -0.1) is 0 Å². The van der Waals surface area contributed by atoms with Crippen molar-refractivity contribution < 1.29 is 4.74 Å². The molecule has 37 heavy (non-hydrogen) atoms. The van der Waals surface area contributed by atoms with Gasteiger partial charge in [0, 0.05) is 27.8 Å². The summed E-state index contributed by atoms with van der Waals surface area (Å²) in [7, 11) is 0. The molecule has 0 aliphatic rings. The molecule has 5 aromatic carbocycles. The third-order valence-corrected chi connectivity index (χ3v) is 5.43. The van der Waals surface area contributed by atoms with E-state index >= 15 is 0 Å². The largest absolute Gasteiger partial charge is 0.456 e. The average Bonchev–Trinajstić information content (AvgIpc) is 2.97. The lowest BCUT2D eigenvalue weighted by Crippen LogP contribution is -1.90. The average molecular weight is 471 g/mol. The van der Waals surface area contributed by atoms with E-state index in [0.29, 0.717) is 5.75 Å². The topological polar surface area (TPSA) is 9.23 Å². The van der Waals surface area contributed by atoms with Crippen LogP contribution in [0.3, 0.4) is 0 Å². The van der Waals surface area contributed by atoms with E-state index in [1.165, 1.54) is 0 Å². The van der Waals surface area contributed by atoms with E-state index in [0.717, 1.165) is 39.1 Å². The first kappa shape index (κ1) is 23.3. The zero-order chi connectivity index (χ0) is 25.1. The maximum atomic E-state index is 6.23.